The fourth-order valence-electron chi connectivity index (χ4n) is 2.48. The smallest absolute Gasteiger partial charge is 0.320 e. The van der Waals surface area contributed by atoms with Crippen molar-refractivity contribution in [3.63, 3.8) is 0 Å². The van der Waals surface area contributed by atoms with E-state index in [9.17, 15) is 4.79 Å². The summed E-state index contributed by atoms with van der Waals surface area (Å²) in [7, 11) is 0. The number of ether oxygens (including phenoxy) is 1. The van der Waals surface area contributed by atoms with E-state index in [1.807, 2.05) is 0 Å². The molecule has 4 heteroatoms. The van der Waals surface area contributed by atoms with Crippen LogP contribution in [0.5, 0.6) is 0 Å². The normalized spacial score (nSPS) is 18.9. The fraction of sp³-hybridized carbons (Fsp3) is 0.533. The Bertz CT molecular complexity index is 449. The summed E-state index contributed by atoms with van der Waals surface area (Å²) in [6.07, 6.45) is 0.420. The molecule has 104 valence electrons. The Hall–Kier alpha value is -1.39. The van der Waals surface area contributed by atoms with E-state index in [1.54, 1.807) is 0 Å². The van der Waals surface area contributed by atoms with Gasteiger partial charge in [-0.05, 0) is 23.5 Å². The van der Waals surface area contributed by atoms with Gasteiger partial charge in [-0.25, -0.2) is 0 Å². The predicted octanol–water partition coefficient (Wildman–Crippen LogP) is 1.88. The largest absolute Gasteiger partial charge is 0.480 e. The average Bonchev–Trinajstić information content (AvgIpc) is 2.33. The highest BCUT2D eigenvalue weighted by Gasteiger charge is 2.42. The molecule has 0 radical (unpaired) electrons. The van der Waals surface area contributed by atoms with Gasteiger partial charge in [0.25, 0.3) is 0 Å². The van der Waals surface area contributed by atoms with Gasteiger partial charge in [-0.3, -0.25) is 4.79 Å². The third kappa shape index (κ3) is 2.80. The number of benzene rings is 1. The van der Waals surface area contributed by atoms with Gasteiger partial charge in [-0.1, -0.05) is 38.1 Å². The quantitative estimate of drug-likeness (QED) is 0.850. The molecule has 19 heavy (non-hydrogen) atoms. The van der Waals surface area contributed by atoms with E-state index >= 15 is 0 Å². The van der Waals surface area contributed by atoms with Crippen LogP contribution in [-0.2, 0) is 14.9 Å². The Morgan fingerprint density at radius 3 is 2.32 bits per heavy atom. The van der Waals surface area contributed by atoms with E-state index in [0.717, 1.165) is 5.56 Å². The summed E-state index contributed by atoms with van der Waals surface area (Å²) in [6, 6.07) is 7.52. The predicted molar refractivity (Wildman–Crippen MR) is 73.3 cm³/mol. The van der Waals surface area contributed by atoms with Crippen LogP contribution in [0.15, 0.2) is 24.3 Å². The molecule has 1 aromatic carbocycles. The van der Waals surface area contributed by atoms with Crippen LogP contribution in [0.1, 0.15) is 37.3 Å². The Labute approximate surface area is 113 Å². The lowest BCUT2D eigenvalue weighted by Crippen LogP contribution is -2.51. The Kier molecular flexibility index (Phi) is 3.92. The number of carboxylic acid groups (broad SMARTS) is 1. The third-order valence-electron chi connectivity index (χ3n) is 3.87. The molecule has 1 saturated heterocycles. The van der Waals surface area contributed by atoms with Crippen molar-refractivity contribution in [2.45, 2.75) is 37.6 Å². The van der Waals surface area contributed by atoms with E-state index in [-0.39, 0.29) is 5.41 Å². The highest BCUT2D eigenvalue weighted by Crippen LogP contribution is 2.37. The zero-order valence-corrected chi connectivity index (χ0v) is 11.4. The lowest BCUT2D eigenvalue weighted by Gasteiger charge is -2.43. The van der Waals surface area contributed by atoms with Crippen LogP contribution in [-0.4, -0.2) is 30.3 Å². The zero-order chi connectivity index (χ0) is 14.0. The van der Waals surface area contributed by atoms with E-state index in [2.05, 4.69) is 38.1 Å². The van der Waals surface area contributed by atoms with E-state index < -0.39 is 12.0 Å². The number of carboxylic acids is 1. The van der Waals surface area contributed by atoms with Crippen molar-refractivity contribution in [3.05, 3.63) is 35.4 Å². The lowest BCUT2D eigenvalue weighted by atomic mass is 9.73. The molecule has 2 rings (SSSR count). The molecule has 1 aliphatic rings. The van der Waals surface area contributed by atoms with Crippen LogP contribution in [0.25, 0.3) is 0 Å². The second kappa shape index (κ2) is 5.31. The van der Waals surface area contributed by atoms with Crippen LogP contribution in [0, 0.1) is 0 Å². The molecule has 0 aliphatic carbocycles. The standard InChI is InChI=1S/C15H21NO3/c1-10(2)11-3-5-12(6-4-11)15(8-19-9-15)7-13(16)14(17)18/h3-6,10,13H,7-9,16H2,1-2H3,(H,17,18). The van der Waals surface area contributed by atoms with Crippen LogP contribution in [0.2, 0.25) is 0 Å². The molecule has 0 amide bonds. The minimum absolute atomic E-state index is 0.229. The molecule has 4 nitrogen and oxygen atoms in total. The number of nitrogens with two attached hydrogens (primary N) is 1. The minimum Gasteiger partial charge on any atom is -0.480 e. The molecule has 3 N–H and O–H groups in total. The second-order valence-electron chi connectivity index (χ2n) is 5.70. The number of hydrogen-bond acceptors (Lipinski definition) is 3. The van der Waals surface area contributed by atoms with Gasteiger partial charge in [0.1, 0.15) is 6.04 Å². The summed E-state index contributed by atoms with van der Waals surface area (Å²) >= 11 is 0. The summed E-state index contributed by atoms with van der Waals surface area (Å²) < 4.78 is 5.30. The van der Waals surface area contributed by atoms with Crippen molar-refractivity contribution in [1.82, 2.24) is 0 Å². The molecule has 0 spiro atoms. The Morgan fingerprint density at radius 1 is 1.37 bits per heavy atom. The topological polar surface area (TPSA) is 72.6 Å². The van der Waals surface area contributed by atoms with Crippen LogP contribution in [0.3, 0.4) is 0 Å². The maximum absolute atomic E-state index is 10.9. The molecule has 0 bridgehead atoms. The van der Waals surface area contributed by atoms with E-state index in [0.29, 0.717) is 25.6 Å². The van der Waals surface area contributed by atoms with Gasteiger partial charge in [0, 0.05) is 5.41 Å². The lowest BCUT2D eigenvalue weighted by molar-refractivity contribution is -0.141. The van der Waals surface area contributed by atoms with Crippen molar-refractivity contribution in [1.29, 1.82) is 0 Å². The van der Waals surface area contributed by atoms with Gasteiger partial charge in [-0.2, -0.15) is 0 Å². The van der Waals surface area contributed by atoms with Crippen LogP contribution in [0.4, 0.5) is 0 Å². The van der Waals surface area contributed by atoms with Gasteiger partial charge in [-0.15, -0.1) is 0 Å². The highest BCUT2D eigenvalue weighted by molar-refractivity contribution is 5.73. The molecule has 1 fully saturated rings. The minimum atomic E-state index is -0.954. The van der Waals surface area contributed by atoms with Crippen molar-refractivity contribution in [3.8, 4) is 0 Å². The highest BCUT2D eigenvalue weighted by atomic mass is 16.5. The fourth-order valence-corrected chi connectivity index (χ4v) is 2.48. The Balaban J connectivity index is 2.19. The van der Waals surface area contributed by atoms with E-state index in [4.69, 9.17) is 15.6 Å². The van der Waals surface area contributed by atoms with Gasteiger partial charge >= 0.3 is 5.97 Å². The van der Waals surface area contributed by atoms with Crippen LogP contribution < -0.4 is 5.73 Å². The summed E-state index contributed by atoms with van der Waals surface area (Å²) in [5.74, 6) is -0.464. The number of rotatable bonds is 5. The average molecular weight is 263 g/mol. The molecule has 0 aromatic heterocycles. The SMILES string of the molecule is CC(C)c1ccc(C2(CC(N)C(=O)O)COC2)cc1. The van der Waals surface area contributed by atoms with E-state index in [1.165, 1.54) is 5.56 Å². The molecule has 1 aromatic rings. The molecular weight excluding hydrogens is 242 g/mol. The van der Waals surface area contributed by atoms with Gasteiger partial charge in [0.15, 0.2) is 0 Å². The molecule has 1 atom stereocenters. The molecule has 1 aliphatic heterocycles. The Morgan fingerprint density at radius 2 is 1.95 bits per heavy atom. The van der Waals surface area contributed by atoms with Gasteiger partial charge < -0.3 is 15.6 Å². The van der Waals surface area contributed by atoms with Crippen molar-refractivity contribution in [2.24, 2.45) is 5.73 Å². The summed E-state index contributed by atoms with van der Waals surface area (Å²) in [4.78, 5) is 10.9. The number of carbonyl (C=O) groups is 1. The summed E-state index contributed by atoms with van der Waals surface area (Å²) in [6.45, 7) is 5.40. The first-order valence-electron chi connectivity index (χ1n) is 6.61. The zero-order valence-electron chi connectivity index (χ0n) is 11.4. The maximum atomic E-state index is 10.9. The van der Waals surface area contributed by atoms with Crippen molar-refractivity contribution < 1.29 is 14.6 Å². The summed E-state index contributed by atoms with van der Waals surface area (Å²) in [5.41, 5.74) is 7.85. The van der Waals surface area contributed by atoms with Gasteiger partial charge in [0.2, 0.25) is 0 Å². The first-order chi connectivity index (χ1) is 8.94. The summed E-state index contributed by atoms with van der Waals surface area (Å²) in [5, 5.41) is 8.96. The van der Waals surface area contributed by atoms with Crippen molar-refractivity contribution in [2.75, 3.05) is 13.2 Å². The van der Waals surface area contributed by atoms with Crippen LogP contribution >= 0.6 is 0 Å². The molecule has 1 unspecified atom stereocenters. The molecular formula is C15H21NO3. The maximum Gasteiger partial charge on any atom is 0.320 e. The van der Waals surface area contributed by atoms with Crippen molar-refractivity contribution >= 4 is 5.97 Å². The molecule has 1 heterocycles. The third-order valence-corrected chi connectivity index (χ3v) is 3.87. The first kappa shape index (κ1) is 14.0. The monoisotopic (exact) mass is 263 g/mol. The van der Waals surface area contributed by atoms with Gasteiger partial charge in [0.05, 0.1) is 13.2 Å². The second-order valence-corrected chi connectivity index (χ2v) is 5.70. The first-order valence-corrected chi connectivity index (χ1v) is 6.61. The number of hydrogen-bond donors (Lipinski definition) is 2. The molecule has 0 saturated carbocycles. The number of aliphatic carboxylic acids is 1.